The molecule has 0 aromatic heterocycles. The Labute approximate surface area is 84.5 Å². The fourth-order valence-electron chi connectivity index (χ4n) is 2.02. The van der Waals surface area contributed by atoms with E-state index in [9.17, 15) is 0 Å². The number of benzene rings is 1. The second-order valence-electron chi connectivity index (χ2n) is 3.48. The highest BCUT2D eigenvalue weighted by Gasteiger charge is 2.21. The van der Waals surface area contributed by atoms with Gasteiger partial charge in [0, 0.05) is 23.8 Å². The smallest absolute Gasteiger partial charge is 0.125 e. The van der Waals surface area contributed by atoms with Gasteiger partial charge in [-0.25, -0.2) is 0 Å². The van der Waals surface area contributed by atoms with Crippen LogP contribution in [0.25, 0.3) is 0 Å². The Morgan fingerprint density at radius 1 is 1.50 bits per heavy atom. The first-order chi connectivity index (χ1) is 6.86. The number of nitrogens with one attached hydrogen (secondary N) is 2. The van der Waals surface area contributed by atoms with Crippen molar-refractivity contribution >= 4 is 5.69 Å². The molecule has 1 unspecified atom stereocenters. The molecule has 1 aliphatic heterocycles. The summed E-state index contributed by atoms with van der Waals surface area (Å²) in [5.41, 5.74) is 2.44. The molecule has 0 amide bonds. The lowest BCUT2D eigenvalue weighted by Gasteiger charge is -2.27. The SMILES string of the molecule is CNC1CCNc2cccc(OC)c21. The van der Waals surface area contributed by atoms with Crippen LogP contribution in [0, 0.1) is 0 Å². The molecule has 0 spiro atoms. The highest BCUT2D eigenvalue weighted by Crippen LogP contribution is 2.36. The van der Waals surface area contributed by atoms with Crippen molar-refractivity contribution in [1.82, 2.24) is 5.32 Å². The van der Waals surface area contributed by atoms with Gasteiger partial charge in [0.25, 0.3) is 0 Å². The van der Waals surface area contributed by atoms with Crippen molar-refractivity contribution in [3.05, 3.63) is 23.8 Å². The van der Waals surface area contributed by atoms with Crippen LogP contribution >= 0.6 is 0 Å². The standard InChI is InChI=1S/C11H16N2O/c1-12-8-6-7-13-9-4-3-5-10(14-2)11(8)9/h3-5,8,12-13H,6-7H2,1-2H3. The van der Waals surface area contributed by atoms with E-state index in [1.54, 1.807) is 7.11 Å². The maximum Gasteiger partial charge on any atom is 0.125 e. The fourth-order valence-corrected chi connectivity index (χ4v) is 2.02. The minimum atomic E-state index is 0.405. The van der Waals surface area contributed by atoms with E-state index in [2.05, 4.69) is 16.7 Å². The molecular formula is C11H16N2O. The molecule has 1 atom stereocenters. The lowest BCUT2D eigenvalue weighted by molar-refractivity contribution is 0.398. The van der Waals surface area contributed by atoms with Crippen LogP contribution in [0.2, 0.25) is 0 Å². The average molecular weight is 192 g/mol. The van der Waals surface area contributed by atoms with E-state index >= 15 is 0 Å². The van der Waals surface area contributed by atoms with Gasteiger partial charge in [0.15, 0.2) is 0 Å². The molecule has 3 nitrogen and oxygen atoms in total. The number of fused-ring (bicyclic) bond motifs is 1. The number of rotatable bonds is 2. The molecule has 1 aliphatic rings. The lowest BCUT2D eigenvalue weighted by Crippen LogP contribution is -2.26. The van der Waals surface area contributed by atoms with Crippen LogP contribution in [0.3, 0.4) is 0 Å². The quantitative estimate of drug-likeness (QED) is 0.749. The summed E-state index contributed by atoms with van der Waals surface area (Å²) in [5, 5.41) is 6.70. The first-order valence-corrected chi connectivity index (χ1v) is 4.95. The highest BCUT2D eigenvalue weighted by atomic mass is 16.5. The van der Waals surface area contributed by atoms with Crippen molar-refractivity contribution in [3.8, 4) is 5.75 Å². The van der Waals surface area contributed by atoms with Crippen molar-refractivity contribution in [2.75, 3.05) is 26.0 Å². The van der Waals surface area contributed by atoms with Crippen LogP contribution in [-0.2, 0) is 0 Å². The number of anilines is 1. The summed E-state index contributed by atoms with van der Waals surface area (Å²) in [5.74, 6) is 0.967. The minimum absolute atomic E-state index is 0.405. The molecular weight excluding hydrogens is 176 g/mol. The van der Waals surface area contributed by atoms with Crippen LogP contribution in [-0.4, -0.2) is 20.7 Å². The van der Waals surface area contributed by atoms with Crippen molar-refractivity contribution in [1.29, 1.82) is 0 Å². The van der Waals surface area contributed by atoms with Gasteiger partial charge in [0.2, 0.25) is 0 Å². The largest absolute Gasteiger partial charge is 0.496 e. The summed E-state index contributed by atoms with van der Waals surface area (Å²) in [6, 6.07) is 6.53. The van der Waals surface area contributed by atoms with Crippen molar-refractivity contribution < 1.29 is 4.74 Å². The summed E-state index contributed by atoms with van der Waals surface area (Å²) in [6.45, 7) is 1.02. The predicted molar refractivity (Wildman–Crippen MR) is 57.9 cm³/mol. The van der Waals surface area contributed by atoms with E-state index in [0.717, 1.165) is 18.7 Å². The Morgan fingerprint density at radius 3 is 3.07 bits per heavy atom. The van der Waals surface area contributed by atoms with E-state index in [1.807, 2.05) is 19.2 Å². The van der Waals surface area contributed by atoms with Gasteiger partial charge in [-0.3, -0.25) is 0 Å². The Kier molecular flexibility index (Phi) is 2.59. The lowest BCUT2D eigenvalue weighted by atomic mass is 9.97. The Morgan fingerprint density at radius 2 is 2.36 bits per heavy atom. The number of hydrogen-bond acceptors (Lipinski definition) is 3. The third-order valence-corrected chi connectivity index (χ3v) is 2.73. The molecule has 3 heteroatoms. The number of ether oxygens (including phenoxy) is 1. The third-order valence-electron chi connectivity index (χ3n) is 2.73. The van der Waals surface area contributed by atoms with E-state index in [4.69, 9.17) is 4.74 Å². The van der Waals surface area contributed by atoms with E-state index in [0.29, 0.717) is 6.04 Å². The third kappa shape index (κ3) is 1.44. The molecule has 1 heterocycles. The van der Waals surface area contributed by atoms with Gasteiger partial charge in [-0.2, -0.15) is 0 Å². The summed E-state index contributed by atoms with van der Waals surface area (Å²) < 4.78 is 5.36. The molecule has 2 rings (SSSR count). The van der Waals surface area contributed by atoms with E-state index in [-0.39, 0.29) is 0 Å². The zero-order valence-corrected chi connectivity index (χ0v) is 8.63. The van der Waals surface area contributed by atoms with Gasteiger partial charge in [-0.15, -0.1) is 0 Å². The van der Waals surface area contributed by atoms with Gasteiger partial charge in [0.1, 0.15) is 5.75 Å². The molecule has 0 aliphatic carbocycles. The van der Waals surface area contributed by atoms with Crippen molar-refractivity contribution in [2.45, 2.75) is 12.5 Å². The van der Waals surface area contributed by atoms with Crippen LogP contribution in [0.5, 0.6) is 5.75 Å². The average Bonchev–Trinajstić information content (AvgIpc) is 2.27. The normalized spacial score (nSPS) is 19.7. The second-order valence-corrected chi connectivity index (χ2v) is 3.48. The molecule has 1 aromatic rings. The molecule has 0 bridgehead atoms. The Hall–Kier alpha value is -1.22. The summed E-state index contributed by atoms with van der Waals surface area (Å²) in [7, 11) is 3.71. The monoisotopic (exact) mass is 192 g/mol. The van der Waals surface area contributed by atoms with Crippen molar-refractivity contribution in [3.63, 3.8) is 0 Å². The zero-order valence-electron chi connectivity index (χ0n) is 8.63. The topological polar surface area (TPSA) is 33.3 Å². The van der Waals surface area contributed by atoms with Gasteiger partial charge in [-0.1, -0.05) is 6.07 Å². The molecule has 0 radical (unpaired) electrons. The van der Waals surface area contributed by atoms with Crippen LogP contribution in [0.15, 0.2) is 18.2 Å². The molecule has 14 heavy (non-hydrogen) atoms. The van der Waals surface area contributed by atoms with Gasteiger partial charge < -0.3 is 15.4 Å². The first-order valence-electron chi connectivity index (χ1n) is 4.95. The molecule has 2 N–H and O–H groups in total. The van der Waals surface area contributed by atoms with Gasteiger partial charge in [-0.05, 0) is 25.6 Å². The maximum absolute atomic E-state index is 5.36. The molecule has 0 fully saturated rings. The Bertz CT molecular complexity index is 311. The van der Waals surface area contributed by atoms with Crippen LogP contribution in [0.1, 0.15) is 18.0 Å². The van der Waals surface area contributed by atoms with E-state index < -0.39 is 0 Å². The maximum atomic E-state index is 5.36. The highest BCUT2D eigenvalue weighted by molar-refractivity contribution is 5.60. The molecule has 1 aromatic carbocycles. The molecule has 76 valence electrons. The molecule has 0 saturated heterocycles. The minimum Gasteiger partial charge on any atom is -0.496 e. The van der Waals surface area contributed by atoms with Crippen LogP contribution in [0.4, 0.5) is 5.69 Å². The predicted octanol–water partition coefficient (Wildman–Crippen LogP) is 1.77. The number of hydrogen-bond donors (Lipinski definition) is 2. The summed E-state index contributed by atoms with van der Waals surface area (Å²) in [6.07, 6.45) is 1.10. The molecule has 0 saturated carbocycles. The van der Waals surface area contributed by atoms with Crippen LogP contribution < -0.4 is 15.4 Å². The summed E-state index contributed by atoms with van der Waals surface area (Å²) >= 11 is 0. The van der Waals surface area contributed by atoms with Crippen molar-refractivity contribution in [2.24, 2.45) is 0 Å². The summed E-state index contributed by atoms with van der Waals surface area (Å²) in [4.78, 5) is 0. The zero-order chi connectivity index (χ0) is 9.97. The van der Waals surface area contributed by atoms with Gasteiger partial charge >= 0.3 is 0 Å². The van der Waals surface area contributed by atoms with Gasteiger partial charge in [0.05, 0.1) is 7.11 Å². The second kappa shape index (κ2) is 3.88. The Balaban J connectivity index is 2.46. The number of methoxy groups -OCH3 is 1. The first kappa shape index (κ1) is 9.34. The fraction of sp³-hybridized carbons (Fsp3) is 0.455. The van der Waals surface area contributed by atoms with E-state index in [1.165, 1.54) is 11.3 Å².